The van der Waals surface area contributed by atoms with E-state index in [-0.39, 0.29) is 17.9 Å². The Balaban J connectivity index is 3.15. The number of phenolic OH excluding ortho intramolecular Hbond substituents is 1. The van der Waals surface area contributed by atoms with Gasteiger partial charge >= 0.3 is 0 Å². The minimum atomic E-state index is -0.742. The zero-order valence-electron chi connectivity index (χ0n) is 8.80. The lowest BCUT2D eigenvalue weighted by Crippen LogP contribution is -2.19. The lowest BCUT2D eigenvalue weighted by Gasteiger charge is -2.06. The van der Waals surface area contributed by atoms with Crippen LogP contribution in [0.5, 0.6) is 5.75 Å². The predicted molar refractivity (Wildman–Crippen MR) is 55.7 cm³/mol. The van der Waals surface area contributed by atoms with Gasteiger partial charge in [0.2, 0.25) is 0 Å². The fraction of sp³-hybridized carbons (Fsp3) is 0.364. The smallest absolute Gasteiger partial charge is 0.180 e. The van der Waals surface area contributed by atoms with Crippen LogP contribution in [0.25, 0.3) is 0 Å². The molecule has 0 saturated heterocycles. The highest BCUT2D eigenvalue weighted by molar-refractivity contribution is 6.00. The molecule has 4 heteroatoms. The van der Waals surface area contributed by atoms with Crippen LogP contribution in [0, 0.1) is 5.82 Å². The molecule has 0 unspecified atom stereocenters. The molecule has 0 spiro atoms. The van der Waals surface area contributed by atoms with E-state index in [0.717, 1.165) is 0 Å². The van der Waals surface area contributed by atoms with Crippen molar-refractivity contribution < 1.29 is 14.3 Å². The van der Waals surface area contributed by atoms with Crippen LogP contribution in [0.3, 0.4) is 0 Å². The van der Waals surface area contributed by atoms with Crippen molar-refractivity contribution in [3.63, 3.8) is 0 Å². The monoisotopic (exact) mass is 211 g/mol. The van der Waals surface area contributed by atoms with Crippen molar-refractivity contribution in [3.8, 4) is 5.75 Å². The van der Waals surface area contributed by atoms with Gasteiger partial charge in [0.15, 0.2) is 17.3 Å². The molecule has 0 fully saturated rings. The first kappa shape index (κ1) is 11.7. The van der Waals surface area contributed by atoms with E-state index in [1.54, 1.807) is 7.05 Å². The molecule has 0 atom stereocenters. The summed E-state index contributed by atoms with van der Waals surface area (Å²) in [6.45, 7) is 1.94. The van der Waals surface area contributed by atoms with E-state index < -0.39 is 11.6 Å². The summed E-state index contributed by atoms with van der Waals surface area (Å²) in [4.78, 5) is 11.5. The van der Waals surface area contributed by atoms with Crippen molar-refractivity contribution in [2.24, 2.45) is 0 Å². The number of hydrogen-bond donors (Lipinski definition) is 2. The largest absolute Gasteiger partial charge is 0.504 e. The third-order valence-electron chi connectivity index (χ3n) is 2.17. The number of carbonyl (C=O) groups excluding carboxylic acids is 1. The summed E-state index contributed by atoms with van der Waals surface area (Å²) in [5.74, 6) is -1.62. The van der Waals surface area contributed by atoms with Crippen LogP contribution in [0.15, 0.2) is 12.1 Å². The lowest BCUT2D eigenvalue weighted by molar-refractivity contribution is 0.0990. The Morgan fingerprint density at radius 2 is 2.20 bits per heavy atom. The molecule has 0 heterocycles. The summed E-state index contributed by atoms with van der Waals surface area (Å²) in [5.41, 5.74) is 0.742. The maximum atomic E-state index is 13.2. The molecule has 1 aromatic carbocycles. The quantitative estimate of drug-likeness (QED) is 0.742. The molecule has 0 aromatic heterocycles. The van der Waals surface area contributed by atoms with Crippen LogP contribution in [-0.2, 0) is 6.42 Å². The van der Waals surface area contributed by atoms with Gasteiger partial charge in [-0.05, 0) is 31.2 Å². The zero-order chi connectivity index (χ0) is 11.4. The molecule has 1 rings (SSSR count). The van der Waals surface area contributed by atoms with Crippen molar-refractivity contribution in [2.45, 2.75) is 13.3 Å². The number of likely N-dealkylation sites (N-methyl/N-ethyl adjacent to an activating group) is 1. The lowest BCUT2D eigenvalue weighted by atomic mass is 10.0. The van der Waals surface area contributed by atoms with Crippen molar-refractivity contribution in [2.75, 3.05) is 13.6 Å². The van der Waals surface area contributed by atoms with E-state index in [1.165, 1.54) is 12.1 Å². The van der Waals surface area contributed by atoms with E-state index >= 15 is 0 Å². The van der Waals surface area contributed by atoms with Crippen LogP contribution in [-0.4, -0.2) is 24.5 Å². The summed E-state index contributed by atoms with van der Waals surface area (Å²) < 4.78 is 13.2. The molecular formula is C11H14FNO2. The summed E-state index contributed by atoms with van der Waals surface area (Å²) in [7, 11) is 1.62. The second kappa shape index (κ2) is 4.89. The second-order valence-electron chi connectivity index (χ2n) is 3.28. The van der Waals surface area contributed by atoms with E-state index in [2.05, 4.69) is 5.32 Å². The van der Waals surface area contributed by atoms with E-state index in [0.29, 0.717) is 12.0 Å². The normalized spacial score (nSPS) is 10.3. The molecule has 2 N–H and O–H groups in total. The number of phenols is 1. The predicted octanol–water partition coefficient (Wildman–Crippen LogP) is 1.50. The van der Waals surface area contributed by atoms with Crippen molar-refractivity contribution in [3.05, 3.63) is 29.1 Å². The highest BCUT2D eigenvalue weighted by Crippen LogP contribution is 2.23. The first-order valence-corrected chi connectivity index (χ1v) is 4.79. The van der Waals surface area contributed by atoms with Gasteiger partial charge in [-0.15, -0.1) is 0 Å². The number of hydrogen-bond acceptors (Lipinski definition) is 3. The number of halogens is 1. The average molecular weight is 211 g/mol. The minimum absolute atomic E-state index is 0.0428. The fourth-order valence-corrected chi connectivity index (χ4v) is 1.33. The number of aromatic hydroxyl groups is 1. The van der Waals surface area contributed by atoms with Gasteiger partial charge in [-0.2, -0.15) is 0 Å². The number of aryl methyl sites for hydroxylation is 1. The van der Waals surface area contributed by atoms with Crippen LogP contribution in [0.2, 0.25) is 0 Å². The topological polar surface area (TPSA) is 49.3 Å². The first-order valence-electron chi connectivity index (χ1n) is 4.79. The molecule has 0 amide bonds. The Kier molecular flexibility index (Phi) is 3.80. The number of carbonyl (C=O) groups is 1. The summed E-state index contributed by atoms with van der Waals surface area (Å²) in [5, 5.41) is 12.1. The molecule has 0 bridgehead atoms. The number of nitrogens with one attached hydrogen (secondary N) is 1. The summed E-state index contributed by atoms with van der Waals surface area (Å²) in [6.07, 6.45) is 0.622. The van der Waals surface area contributed by atoms with E-state index in [1.807, 2.05) is 6.92 Å². The third kappa shape index (κ3) is 2.53. The molecule has 0 aliphatic carbocycles. The number of benzene rings is 1. The Bertz CT molecular complexity index is 377. The van der Waals surface area contributed by atoms with Crippen LogP contribution in [0.4, 0.5) is 4.39 Å². The maximum absolute atomic E-state index is 13.2. The first-order chi connectivity index (χ1) is 7.10. The fourth-order valence-electron chi connectivity index (χ4n) is 1.33. The Hall–Kier alpha value is -1.42. The molecule has 0 saturated carbocycles. The summed E-state index contributed by atoms with van der Waals surface area (Å²) >= 11 is 0. The van der Waals surface area contributed by atoms with Crippen LogP contribution in [0.1, 0.15) is 22.8 Å². The van der Waals surface area contributed by atoms with Crippen LogP contribution < -0.4 is 5.32 Å². The van der Waals surface area contributed by atoms with E-state index in [4.69, 9.17) is 0 Å². The van der Waals surface area contributed by atoms with Crippen LogP contribution >= 0.6 is 0 Å². The van der Waals surface area contributed by atoms with Gasteiger partial charge in [0, 0.05) is 0 Å². The molecule has 15 heavy (non-hydrogen) atoms. The SMILES string of the molecule is CCc1cc(F)c(O)c(C(=O)CNC)c1. The second-order valence-corrected chi connectivity index (χ2v) is 3.28. The number of ketones is 1. The van der Waals surface area contributed by atoms with Crippen molar-refractivity contribution in [1.82, 2.24) is 5.32 Å². The van der Waals surface area contributed by atoms with Gasteiger partial charge in [0.05, 0.1) is 12.1 Å². The molecule has 1 aromatic rings. The highest BCUT2D eigenvalue weighted by atomic mass is 19.1. The maximum Gasteiger partial charge on any atom is 0.180 e. The van der Waals surface area contributed by atoms with Gasteiger partial charge < -0.3 is 10.4 Å². The third-order valence-corrected chi connectivity index (χ3v) is 2.17. The Labute approximate surface area is 87.9 Å². The van der Waals surface area contributed by atoms with Gasteiger partial charge in [0.1, 0.15) is 0 Å². The van der Waals surface area contributed by atoms with Gasteiger partial charge in [-0.1, -0.05) is 6.92 Å². The van der Waals surface area contributed by atoms with Gasteiger partial charge in [-0.3, -0.25) is 4.79 Å². The molecule has 0 aliphatic rings. The van der Waals surface area contributed by atoms with Gasteiger partial charge in [0.25, 0.3) is 0 Å². The standard InChI is InChI=1S/C11H14FNO2/c1-3-7-4-8(10(14)6-13-2)11(15)9(12)5-7/h4-5,13,15H,3,6H2,1-2H3. The highest BCUT2D eigenvalue weighted by Gasteiger charge is 2.15. The molecule has 0 aliphatic heterocycles. The summed E-state index contributed by atoms with van der Waals surface area (Å²) in [6, 6.07) is 2.77. The molecular weight excluding hydrogens is 197 g/mol. The minimum Gasteiger partial charge on any atom is -0.504 e. The van der Waals surface area contributed by atoms with Crippen molar-refractivity contribution >= 4 is 5.78 Å². The Morgan fingerprint density at radius 1 is 1.53 bits per heavy atom. The molecule has 0 radical (unpaired) electrons. The van der Waals surface area contributed by atoms with Crippen molar-refractivity contribution in [1.29, 1.82) is 0 Å². The molecule has 3 nitrogen and oxygen atoms in total. The van der Waals surface area contributed by atoms with Gasteiger partial charge in [-0.25, -0.2) is 4.39 Å². The van der Waals surface area contributed by atoms with E-state index in [9.17, 15) is 14.3 Å². The Morgan fingerprint density at radius 3 is 2.73 bits per heavy atom. The zero-order valence-corrected chi connectivity index (χ0v) is 8.80. The number of Topliss-reactive ketones (excluding diaryl/α,β-unsaturated/α-hetero) is 1. The average Bonchev–Trinajstić information content (AvgIpc) is 2.22. The molecule has 82 valence electrons. The number of rotatable bonds is 4.